The standard InChI is InChI=1S/C41H41FN4O4.C2H6/c1-28-37(40(47)43-33-13-15-35(16-14-33)50-27-29-8-4-3-5-9-29)24-39(44(28)2)38-23-32(42)12-17-36(38)41(48)46-25-31-11-7-6-10-30(31)22-34(46)26-45-18-20-49-21-19-45;1-2/h3-17,23-24,34H,18-22,25-27H2,1-2H3,(H,43,47);1-2H3/t34-;/m0./s1. The molecule has 1 atom stereocenters. The molecule has 9 heteroatoms. The summed E-state index contributed by atoms with van der Waals surface area (Å²) in [5.41, 5.74) is 6.61. The maximum atomic E-state index is 14.9. The van der Waals surface area contributed by atoms with Gasteiger partial charge >= 0.3 is 0 Å². The lowest BCUT2D eigenvalue weighted by Gasteiger charge is -2.40. The van der Waals surface area contributed by atoms with Gasteiger partial charge < -0.3 is 24.3 Å². The Morgan fingerprint density at radius 1 is 0.865 bits per heavy atom. The van der Waals surface area contributed by atoms with Crippen LogP contribution in [0.25, 0.3) is 11.3 Å². The highest BCUT2D eigenvalue weighted by Crippen LogP contribution is 2.33. The van der Waals surface area contributed by atoms with Gasteiger partial charge in [0.2, 0.25) is 0 Å². The number of nitrogens with zero attached hydrogens (tertiary/aromatic N) is 3. The van der Waals surface area contributed by atoms with Crippen molar-refractivity contribution in [1.29, 1.82) is 0 Å². The van der Waals surface area contributed by atoms with Gasteiger partial charge in [0.25, 0.3) is 11.8 Å². The molecule has 52 heavy (non-hydrogen) atoms. The largest absolute Gasteiger partial charge is 0.489 e. The van der Waals surface area contributed by atoms with Gasteiger partial charge in [-0.05, 0) is 78.6 Å². The summed E-state index contributed by atoms with van der Waals surface area (Å²) >= 11 is 0. The summed E-state index contributed by atoms with van der Waals surface area (Å²) in [7, 11) is 1.83. The van der Waals surface area contributed by atoms with Crippen LogP contribution in [-0.4, -0.2) is 65.1 Å². The van der Waals surface area contributed by atoms with Crippen LogP contribution in [0, 0.1) is 12.7 Å². The normalized spacial score (nSPS) is 15.6. The Hall–Kier alpha value is -5.25. The monoisotopic (exact) mass is 702 g/mol. The molecule has 8 nitrogen and oxygen atoms in total. The second-order valence-corrected chi connectivity index (χ2v) is 13.0. The number of aromatic nitrogens is 1. The van der Waals surface area contributed by atoms with E-state index in [1.165, 1.54) is 17.7 Å². The van der Waals surface area contributed by atoms with E-state index in [4.69, 9.17) is 9.47 Å². The summed E-state index contributed by atoms with van der Waals surface area (Å²) in [6.07, 6.45) is 0.740. The van der Waals surface area contributed by atoms with E-state index in [0.717, 1.165) is 37.2 Å². The van der Waals surface area contributed by atoms with Crippen molar-refractivity contribution >= 4 is 17.5 Å². The molecule has 3 heterocycles. The molecule has 0 bridgehead atoms. The van der Waals surface area contributed by atoms with E-state index >= 15 is 0 Å². The second-order valence-electron chi connectivity index (χ2n) is 13.0. The molecule has 0 aliphatic carbocycles. The fourth-order valence-corrected chi connectivity index (χ4v) is 6.90. The number of benzene rings is 4. The van der Waals surface area contributed by atoms with E-state index in [1.54, 1.807) is 24.3 Å². The van der Waals surface area contributed by atoms with Gasteiger partial charge in [-0.15, -0.1) is 0 Å². The quantitative estimate of drug-likeness (QED) is 0.169. The Labute approximate surface area is 305 Å². The number of anilines is 1. The van der Waals surface area contributed by atoms with Gasteiger partial charge in [0, 0.05) is 67.5 Å². The van der Waals surface area contributed by atoms with E-state index < -0.39 is 5.82 Å². The Morgan fingerprint density at radius 3 is 2.29 bits per heavy atom. The molecule has 2 amide bonds. The number of amides is 2. The Morgan fingerprint density at radius 2 is 1.56 bits per heavy atom. The Kier molecular flexibility index (Phi) is 11.8. The molecule has 1 fully saturated rings. The maximum Gasteiger partial charge on any atom is 0.257 e. The van der Waals surface area contributed by atoms with Crippen molar-refractivity contribution in [1.82, 2.24) is 14.4 Å². The van der Waals surface area contributed by atoms with Gasteiger partial charge in [0.15, 0.2) is 0 Å². The average Bonchev–Trinajstić information content (AvgIpc) is 3.48. The SMILES string of the molecule is CC.Cc1c(C(=O)Nc2ccc(OCc3ccccc3)cc2)cc(-c2cc(F)ccc2C(=O)N2Cc3ccccc3C[C@H]2CN2CCOCC2)n1C. The number of ether oxygens (including phenoxy) is 2. The van der Waals surface area contributed by atoms with Gasteiger partial charge in [-0.3, -0.25) is 14.5 Å². The summed E-state index contributed by atoms with van der Waals surface area (Å²) in [4.78, 5) is 32.4. The van der Waals surface area contributed by atoms with Crippen molar-refractivity contribution in [3.8, 4) is 17.0 Å². The summed E-state index contributed by atoms with van der Waals surface area (Å²) in [6.45, 7) is 10.5. The smallest absolute Gasteiger partial charge is 0.257 e. The highest BCUT2D eigenvalue weighted by Gasteiger charge is 2.33. The number of carbonyl (C=O) groups excluding carboxylic acids is 2. The topological polar surface area (TPSA) is 76.0 Å². The molecule has 0 saturated carbocycles. The molecular formula is C43H47FN4O4. The molecule has 0 spiro atoms. The minimum atomic E-state index is -0.454. The van der Waals surface area contributed by atoms with Crippen molar-refractivity contribution in [2.75, 3.05) is 38.2 Å². The van der Waals surface area contributed by atoms with Crippen LogP contribution in [0.3, 0.4) is 0 Å². The van der Waals surface area contributed by atoms with Crippen molar-refractivity contribution in [3.05, 3.63) is 142 Å². The number of hydrogen-bond donors (Lipinski definition) is 1. The van der Waals surface area contributed by atoms with E-state index in [2.05, 4.69) is 22.3 Å². The highest BCUT2D eigenvalue weighted by molar-refractivity contribution is 6.07. The zero-order valence-corrected chi connectivity index (χ0v) is 30.4. The number of rotatable bonds is 9. The lowest BCUT2D eigenvalue weighted by Crippen LogP contribution is -2.52. The second kappa shape index (κ2) is 16.8. The summed E-state index contributed by atoms with van der Waals surface area (Å²) in [5.74, 6) is -0.223. The molecule has 2 aliphatic heterocycles. The zero-order chi connectivity index (χ0) is 36.6. The first-order chi connectivity index (χ1) is 25.3. The third-order valence-electron chi connectivity index (χ3n) is 9.82. The first-order valence-corrected chi connectivity index (χ1v) is 18.1. The van der Waals surface area contributed by atoms with E-state index in [1.807, 2.05) is 91.9 Å². The lowest BCUT2D eigenvalue weighted by atomic mass is 9.92. The molecule has 0 unspecified atom stereocenters. The molecule has 0 radical (unpaired) electrons. The molecule has 1 saturated heterocycles. The first-order valence-electron chi connectivity index (χ1n) is 18.1. The number of fused-ring (bicyclic) bond motifs is 1. The Balaban J connectivity index is 0.00000228. The van der Waals surface area contributed by atoms with Gasteiger partial charge in [-0.25, -0.2) is 4.39 Å². The number of halogens is 1. The maximum absolute atomic E-state index is 14.9. The van der Waals surface area contributed by atoms with Crippen molar-refractivity contribution in [2.45, 2.75) is 46.4 Å². The fourth-order valence-electron chi connectivity index (χ4n) is 6.90. The van der Waals surface area contributed by atoms with E-state index in [9.17, 15) is 14.0 Å². The minimum absolute atomic E-state index is 0.0555. The van der Waals surface area contributed by atoms with Crippen LogP contribution in [0.2, 0.25) is 0 Å². The predicted molar refractivity (Wildman–Crippen MR) is 203 cm³/mol. The summed E-state index contributed by atoms with van der Waals surface area (Å²) in [6, 6.07) is 31.4. The zero-order valence-electron chi connectivity index (χ0n) is 30.4. The van der Waals surface area contributed by atoms with Crippen molar-refractivity contribution in [2.24, 2.45) is 7.05 Å². The Bertz CT molecular complexity index is 1990. The number of hydrogen-bond acceptors (Lipinski definition) is 5. The third kappa shape index (κ3) is 8.27. The first kappa shape index (κ1) is 36.5. The molecule has 5 aromatic rings. The van der Waals surface area contributed by atoms with Gasteiger partial charge in [-0.2, -0.15) is 0 Å². The average molecular weight is 703 g/mol. The van der Waals surface area contributed by atoms with Crippen LogP contribution in [0.15, 0.2) is 103 Å². The van der Waals surface area contributed by atoms with Crippen molar-refractivity contribution in [3.63, 3.8) is 0 Å². The fraction of sp³-hybridized carbons (Fsp3) is 0.302. The van der Waals surface area contributed by atoms with Crippen LogP contribution in [0.1, 0.15) is 56.9 Å². The predicted octanol–water partition coefficient (Wildman–Crippen LogP) is 7.90. The van der Waals surface area contributed by atoms with Crippen molar-refractivity contribution < 1.29 is 23.5 Å². The molecule has 1 aromatic heterocycles. The summed E-state index contributed by atoms with van der Waals surface area (Å²) < 4.78 is 28.2. The molecule has 270 valence electrons. The highest BCUT2D eigenvalue weighted by atomic mass is 19.1. The van der Waals surface area contributed by atoms with Gasteiger partial charge in [-0.1, -0.05) is 68.4 Å². The lowest BCUT2D eigenvalue weighted by molar-refractivity contribution is 0.0193. The van der Waals surface area contributed by atoms with Gasteiger partial charge in [0.05, 0.1) is 18.8 Å². The minimum Gasteiger partial charge on any atom is -0.489 e. The number of nitrogens with one attached hydrogen (secondary N) is 1. The number of carbonyl (C=O) groups is 2. The third-order valence-corrected chi connectivity index (χ3v) is 9.82. The van der Waals surface area contributed by atoms with Gasteiger partial charge in [0.1, 0.15) is 18.2 Å². The summed E-state index contributed by atoms with van der Waals surface area (Å²) in [5, 5.41) is 2.98. The molecule has 7 rings (SSSR count). The molecule has 4 aromatic carbocycles. The van der Waals surface area contributed by atoms with Crippen LogP contribution < -0.4 is 10.1 Å². The molecule has 1 N–H and O–H groups in total. The number of morpholine rings is 1. The van der Waals surface area contributed by atoms with Crippen LogP contribution >= 0.6 is 0 Å². The van der Waals surface area contributed by atoms with E-state index in [-0.39, 0.29) is 17.9 Å². The molecule has 2 aliphatic rings. The van der Waals surface area contributed by atoms with Crippen LogP contribution in [-0.2, 0) is 31.4 Å². The van der Waals surface area contributed by atoms with E-state index in [0.29, 0.717) is 65.9 Å². The van der Waals surface area contributed by atoms with Crippen LogP contribution in [0.4, 0.5) is 10.1 Å². The van der Waals surface area contributed by atoms with Crippen LogP contribution in [0.5, 0.6) is 5.75 Å². The molecular weight excluding hydrogens is 655 g/mol.